The van der Waals surface area contributed by atoms with Gasteiger partial charge in [0.15, 0.2) is 0 Å². The van der Waals surface area contributed by atoms with Crippen molar-refractivity contribution in [2.45, 2.75) is 26.9 Å². The van der Waals surface area contributed by atoms with E-state index in [9.17, 15) is 4.79 Å². The van der Waals surface area contributed by atoms with Crippen LogP contribution < -0.4 is 0 Å². The summed E-state index contributed by atoms with van der Waals surface area (Å²) in [5.74, 6) is -0.317. The molecular formula is C14H20N4O2S. The molecule has 0 atom stereocenters. The Labute approximate surface area is 128 Å². The first-order chi connectivity index (χ1) is 10.0. The number of ether oxygens (including phenoxy) is 1. The highest BCUT2D eigenvalue weighted by Gasteiger charge is 2.18. The van der Waals surface area contributed by atoms with Gasteiger partial charge in [0, 0.05) is 25.0 Å². The van der Waals surface area contributed by atoms with Gasteiger partial charge in [-0.3, -0.25) is 9.58 Å². The van der Waals surface area contributed by atoms with Gasteiger partial charge in [-0.1, -0.05) is 0 Å². The zero-order valence-corrected chi connectivity index (χ0v) is 13.6. The first kappa shape index (κ1) is 15.7. The molecule has 0 saturated heterocycles. The molecule has 0 spiro atoms. The van der Waals surface area contributed by atoms with E-state index in [1.165, 1.54) is 4.88 Å². The molecule has 0 aliphatic heterocycles. The number of thiazole rings is 1. The molecule has 114 valence electrons. The van der Waals surface area contributed by atoms with Gasteiger partial charge >= 0.3 is 5.97 Å². The maximum absolute atomic E-state index is 11.9. The third-order valence-electron chi connectivity index (χ3n) is 3.23. The second-order valence-electron chi connectivity index (χ2n) is 4.88. The van der Waals surface area contributed by atoms with Crippen molar-refractivity contribution in [3.8, 4) is 0 Å². The number of hydrogen-bond acceptors (Lipinski definition) is 6. The third kappa shape index (κ3) is 3.68. The van der Waals surface area contributed by atoms with E-state index in [0.717, 1.165) is 17.9 Å². The van der Waals surface area contributed by atoms with E-state index in [1.807, 2.05) is 26.5 Å². The van der Waals surface area contributed by atoms with Gasteiger partial charge in [-0.05, 0) is 20.9 Å². The normalized spacial score (nSPS) is 11.1. The van der Waals surface area contributed by atoms with Crippen molar-refractivity contribution >= 4 is 17.3 Å². The van der Waals surface area contributed by atoms with Crippen molar-refractivity contribution in [1.29, 1.82) is 0 Å². The van der Waals surface area contributed by atoms with Crippen molar-refractivity contribution < 1.29 is 9.53 Å². The Kier molecular flexibility index (Phi) is 5.08. The van der Waals surface area contributed by atoms with Crippen LogP contribution in [0.2, 0.25) is 0 Å². The summed E-state index contributed by atoms with van der Waals surface area (Å²) < 4.78 is 6.79. The fraction of sp³-hybridized carbons (Fsp3) is 0.500. The van der Waals surface area contributed by atoms with Crippen LogP contribution >= 0.6 is 11.3 Å². The molecule has 0 radical (unpaired) electrons. The third-order valence-corrected chi connectivity index (χ3v) is 4.15. The Morgan fingerprint density at radius 1 is 1.48 bits per heavy atom. The summed E-state index contributed by atoms with van der Waals surface area (Å²) in [5.41, 5.74) is 4.31. The van der Waals surface area contributed by atoms with Gasteiger partial charge in [0.1, 0.15) is 5.56 Å². The summed E-state index contributed by atoms with van der Waals surface area (Å²) in [5, 5.41) is 4.17. The van der Waals surface area contributed by atoms with Crippen LogP contribution in [0.1, 0.15) is 33.5 Å². The highest BCUT2D eigenvalue weighted by Crippen LogP contribution is 2.17. The minimum absolute atomic E-state index is 0.317. The van der Waals surface area contributed by atoms with Crippen molar-refractivity contribution in [2.24, 2.45) is 7.05 Å². The molecule has 0 aliphatic rings. The zero-order chi connectivity index (χ0) is 15.4. The monoisotopic (exact) mass is 308 g/mol. The SMILES string of the molecule is CCOC(=O)c1cnn(C)c1CN(C)Cc1scnc1C. The van der Waals surface area contributed by atoms with Gasteiger partial charge in [0.2, 0.25) is 0 Å². The minimum Gasteiger partial charge on any atom is -0.462 e. The quantitative estimate of drug-likeness (QED) is 0.764. The Morgan fingerprint density at radius 3 is 2.86 bits per heavy atom. The van der Waals surface area contributed by atoms with E-state index in [-0.39, 0.29) is 5.97 Å². The summed E-state index contributed by atoms with van der Waals surface area (Å²) >= 11 is 1.65. The van der Waals surface area contributed by atoms with Gasteiger partial charge < -0.3 is 4.74 Å². The Bertz CT molecular complexity index is 620. The molecule has 0 bridgehead atoms. The molecular weight excluding hydrogens is 288 g/mol. The molecule has 0 saturated carbocycles. The van der Waals surface area contributed by atoms with Crippen LogP contribution in [0.3, 0.4) is 0 Å². The lowest BCUT2D eigenvalue weighted by Gasteiger charge is -2.17. The Morgan fingerprint density at radius 2 is 2.24 bits per heavy atom. The Hall–Kier alpha value is -1.73. The standard InChI is InChI=1S/C14H20N4O2S/c1-5-20-14(19)11-6-16-18(4)12(11)7-17(3)8-13-10(2)15-9-21-13/h6,9H,5,7-8H2,1-4H3. The molecule has 21 heavy (non-hydrogen) atoms. The van der Waals surface area contributed by atoms with E-state index in [1.54, 1.807) is 29.1 Å². The van der Waals surface area contributed by atoms with E-state index >= 15 is 0 Å². The molecule has 0 amide bonds. The molecule has 0 fully saturated rings. The van der Waals surface area contributed by atoms with Crippen LogP contribution in [0.15, 0.2) is 11.7 Å². The second-order valence-corrected chi connectivity index (χ2v) is 5.82. The summed E-state index contributed by atoms with van der Waals surface area (Å²) in [6, 6.07) is 0. The van der Waals surface area contributed by atoms with Crippen LogP contribution in [0.25, 0.3) is 0 Å². The summed E-state index contributed by atoms with van der Waals surface area (Å²) in [6.45, 7) is 5.59. The van der Waals surface area contributed by atoms with Crippen molar-refractivity contribution in [3.05, 3.63) is 33.5 Å². The fourth-order valence-corrected chi connectivity index (χ4v) is 2.92. The molecule has 0 aliphatic carbocycles. The Balaban J connectivity index is 2.10. The minimum atomic E-state index is -0.317. The second kappa shape index (κ2) is 6.82. The van der Waals surface area contributed by atoms with Crippen molar-refractivity contribution in [3.63, 3.8) is 0 Å². The van der Waals surface area contributed by atoms with E-state index in [0.29, 0.717) is 18.7 Å². The van der Waals surface area contributed by atoms with Crippen molar-refractivity contribution in [1.82, 2.24) is 19.7 Å². The summed E-state index contributed by atoms with van der Waals surface area (Å²) in [4.78, 5) is 19.6. The predicted molar refractivity (Wildman–Crippen MR) is 81.2 cm³/mol. The number of carbonyl (C=O) groups excluding carboxylic acids is 1. The van der Waals surface area contributed by atoms with Gasteiger partial charge in [-0.15, -0.1) is 11.3 Å². The number of carbonyl (C=O) groups is 1. The molecule has 7 heteroatoms. The topological polar surface area (TPSA) is 60.2 Å². The van der Waals surface area contributed by atoms with Gasteiger partial charge in [-0.2, -0.15) is 5.10 Å². The number of aromatic nitrogens is 3. The van der Waals surface area contributed by atoms with E-state index in [2.05, 4.69) is 15.0 Å². The zero-order valence-electron chi connectivity index (χ0n) is 12.8. The predicted octanol–water partition coefficient (Wildman–Crippen LogP) is 1.99. The van der Waals surface area contributed by atoms with Crippen LogP contribution in [0, 0.1) is 6.92 Å². The fourth-order valence-electron chi connectivity index (χ4n) is 2.06. The van der Waals surface area contributed by atoms with Crippen LogP contribution in [0.4, 0.5) is 0 Å². The lowest BCUT2D eigenvalue weighted by molar-refractivity contribution is 0.0524. The molecule has 2 aromatic rings. The van der Waals surface area contributed by atoms with Gasteiger partial charge in [0.05, 0.1) is 29.7 Å². The molecule has 0 aromatic carbocycles. The highest BCUT2D eigenvalue weighted by molar-refractivity contribution is 7.09. The molecule has 2 rings (SSSR count). The average molecular weight is 308 g/mol. The lowest BCUT2D eigenvalue weighted by Crippen LogP contribution is -2.21. The summed E-state index contributed by atoms with van der Waals surface area (Å²) in [7, 11) is 3.85. The van der Waals surface area contributed by atoms with Gasteiger partial charge in [0.25, 0.3) is 0 Å². The number of hydrogen-bond donors (Lipinski definition) is 0. The number of rotatable bonds is 6. The number of aryl methyl sites for hydroxylation is 2. The van der Waals surface area contributed by atoms with Crippen LogP contribution in [-0.4, -0.2) is 39.3 Å². The van der Waals surface area contributed by atoms with E-state index in [4.69, 9.17) is 4.74 Å². The maximum Gasteiger partial charge on any atom is 0.341 e. The smallest absolute Gasteiger partial charge is 0.341 e. The van der Waals surface area contributed by atoms with Gasteiger partial charge in [-0.25, -0.2) is 9.78 Å². The molecule has 0 unspecified atom stereocenters. The van der Waals surface area contributed by atoms with E-state index < -0.39 is 0 Å². The largest absolute Gasteiger partial charge is 0.462 e. The maximum atomic E-state index is 11.9. The molecule has 2 aromatic heterocycles. The lowest BCUT2D eigenvalue weighted by atomic mass is 10.2. The first-order valence-corrected chi connectivity index (χ1v) is 7.66. The highest BCUT2D eigenvalue weighted by atomic mass is 32.1. The summed E-state index contributed by atoms with van der Waals surface area (Å²) in [6.07, 6.45) is 1.57. The molecule has 0 N–H and O–H groups in total. The van der Waals surface area contributed by atoms with Crippen LogP contribution in [-0.2, 0) is 24.9 Å². The first-order valence-electron chi connectivity index (χ1n) is 6.78. The average Bonchev–Trinajstić information content (AvgIpc) is 2.98. The molecule has 2 heterocycles. The number of nitrogens with zero attached hydrogens (tertiary/aromatic N) is 4. The molecule has 6 nitrogen and oxygen atoms in total. The van der Waals surface area contributed by atoms with Crippen LogP contribution in [0.5, 0.6) is 0 Å². The number of esters is 1. The van der Waals surface area contributed by atoms with Crippen molar-refractivity contribution in [2.75, 3.05) is 13.7 Å².